The number of rotatable bonds is 5. The van der Waals surface area contributed by atoms with Gasteiger partial charge in [-0.05, 0) is 42.2 Å². The number of amides is 1. The number of aromatic nitrogens is 4. The van der Waals surface area contributed by atoms with Crippen LogP contribution in [0.4, 0.5) is 0 Å². The van der Waals surface area contributed by atoms with Gasteiger partial charge in [-0.25, -0.2) is 9.78 Å². The molecule has 0 saturated heterocycles. The van der Waals surface area contributed by atoms with Crippen molar-refractivity contribution in [1.29, 1.82) is 0 Å². The fourth-order valence-electron chi connectivity index (χ4n) is 4.93. The van der Waals surface area contributed by atoms with Crippen LogP contribution in [0.1, 0.15) is 88.7 Å². The van der Waals surface area contributed by atoms with Crippen molar-refractivity contribution in [3.63, 3.8) is 0 Å². The first-order valence-electron chi connectivity index (χ1n) is 12.2. The first kappa shape index (κ1) is 24.2. The minimum Gasteiger partial charge on any atom is -0.361 e. The molecule has 0 aromatic carbocycles. The molecule has 1 N–H and O–H groups in total. The van der Waals surface area contributed by atoms with Gasteiger partial charge in [0.2, 0.25) is 0 Å². The van der Waals surface area contributed by atoms with Gasteiger partial charge in [0.05, 0.1) is 5.52 Å². The zero-order valence-corrected chi connectivity index (χ0v) is 21.4. The molecule has 1 fully saturated rings. The average molecular weight is 468 g/mol. The van der Waals surface area contributed by atoms with Gasteiger partial charge in [0.15, 0.2) is 11.3 Å². The highest BCUT2D eigenvalue weighted by atomic mass is 16.5. The van der Waals surface area contributed by atoms with Gasteiger partial charge in [-0.3, -0.25) is 13.9 Å². The fraction of sp³-hybridized carbons (Fsp3) is 0.615. The first-order valence-corrected chi connectivity index (χ1v) is 12.2. The van der Waals surface area contributed by atoms with Crippen LogP contribution in [-0.2, 0) is 20.0 Å². The Labute approximate surface area is 200 Å². The summed E-state index contributed by atoms with van der Waals surface area (Å²) < 4.78 is 8.68. The number of hydrogen-bond acceptors (Lipinski definition) is 5. The molecule has 4 rings (SSSR count). The van der Waals surface area contributed by atoms with E-state index in [0.717, 1.165) is 30.5 Å². The number of carbonyl (C=O) groups excluding carboxylic acids is 1. The van der Waals surface area contributed by atoms with E-state index < -0.39 is 0 Å². The van der Waals surface area contributed by atoms with Gasteiger partial charge in [-0.1, -0.05) is 46.7 Å². The molecule has 184 valence electrons. The normalized spacial score (nSPS) is 20.6. The minimum atomic E-state index is -0.202. The molecule has 0 spiro atoms. The number of nitrogens with zero attached hydrogens (tertiary/aromatic N) is 4. The second-order valence-corrected chi connectivity index (χ2v) is 11.6. The van der Waals surface area contributed by atoms with E-state index in [-0.39, 0.29) is 34.4 Å². The summed E-state index contributed by atoms with van der Waals surface area (Å²) >= 11 is 0. The summed E-state index contributed by atoms with van der Waals surface area (Å²) in [7, 11) is 1.79. The molecule has 0 radical (unpaired) electrons. The largest absolute Gasteiger partial charge is 0.361 e. The van der Waals surface area contributed by atoms with Gasteiger partial charge in [0.25, 0.3) is 5.91 Å². The highest BCUT2D eigenvalue weighted by Gasteiger charge is 2.39. The van der Waals surface area contributed by atoms with E-state index in [2.05, 4.69) is 45.1 Å². The van der Waals surface area contributed by atoms with Crippen LogP contribution in [0.2, 0.25) is 0 Å². The second kappa shape index (κ2) is 8.71. The molecule has 8 nitrogen and oxygen atoms in total. The fourth-order valence-corrected chi connectivity index (χ4v) is 4.93. The Morgan fingerprint density at radius 1 is 1.29 bits per heavy atom. The summed E-state index contributed by atoms with van der Waals surface area (Å²) in [5.41, 5.74) is 2.78. The van der Waals surface area contributed by atoms with Gasteiger partial charge in [0.1, 0.15) is 5.76 Å². The van der Waals surface area contributed by atoms with E-state index in [4.69, 9.17) is 9.51 Å². The van der Waals surface area contributed by atoms with Crippen LogP contribution in [-0.4, -0.2) is 31.2 Å². The molecular formula is C26H37N5O3. The van der Waals surface area contributed by atoms with Gasteiger partial charge in [-0.2, -0.15) is 0 Å². The van der Waals surface area contributed by atoms with Gasteiger partial charge >= 0.3 is 5.69 Å². The molecule has 3 aromatic heterocycles. The Morgan fingerprint density at radius 2 is 2.03 bits per heavy atom. The van der Waals surface area contributed by atoms with Crippen molar-refractivity contribution < 1.29 is 9.32 Å². The first-order chi connectivity index (χ1) is 15.9. The highest BCUT2D eigenvalue weighted by Crippen LogP contribution is 2.42. The Kier molecular flexibility index (Phi) is 6.21. The van der Waals surface area contributed by atoms with Crippen LogP contribution in [0, 0.1) is 10.8 Å². The summed E-state index contributed by atoms with van der Waals surface area (Å²) in [5.74, 6) is 0.701. The van der Waals surface area contributed by atoms with E-state index in [1.165, 1.54) is 0 Å². The Bertz CT molecular complexity index is 1260. The Balaban J connectivity index is 1.59. The van der Waals surface area contributed by atoms with Crippen LogP contribution in [0.5, 0.6) is 0 Å². The van der Waals surface area contributed by atoms with Crippen molar-refractivity contribution in [3.05, 3.63) is 45.8 Å². The quantitative estimate of drug-likeness (QED) is 0.599. The molecule has 0 aliphatic heterocycles. The molecule has 1 amide bonds. The zero-order chi connectivity index (χ0) is 24.8. The van der Waals surface area contributed by atoms with Crippen LogP contribution >= 0.6 is 0 Å². The molecule has 1 aliphatic rings. The smallest absolute Gasteiger partial charge is 0.330 e. The molecule has 8 heteroatoms. The van der Waals surface area contributed by atoms with Crippen LogP contribution in [0.15, 0.2) is 27.5 Å². The summed E-state index contributed by atoms with van der Waals surface area (Å²) in [4.78, 5) is 30.7. The number of carbonyl (C=O) groups is 1. The minimum absolute atomic E-state index is 0.0150. The summed E-state index contributed by atoms with van der Waals surface area (Å²) in [6, 6.07) is 5.77. The Hall–Kier alpha value is -2.90. The zero-order valence-electron chi connectivity index (χ0n) is 21.4. The maximum absolute atomic E-state index is 12.9. The van der Waals surface area contributed by atoms with Crippen molar-refractivity contribution in [1.82, 2.24) is 24.6 Å². The summed E-state index contributed by atoms with van der Waals surface area (Å²) in [6.07, 6.45) is 3.43. The van der Waals surface area contributed by atoms with Gasteiger partial charge in [0, 0.05) is 43.7 Å². The number of pyridine rings is 1. The number of hydrogen-bond donors (Lipinski definition) is 1. The second-order valence-electron chi connectivity index (χ2n) is 11.6. The molecule has 34 heavy (non-hydrogen) atoms. The number of fused-ring (bicyclic) bond motifs is 1. The monoisotopic (exact) mass is 467 g/mol. The van der Waals surface area contributed by atoms with Crippen molar-refractivity contribution in [2.24, 2.45) is 17.9 Å². The van der Waals surface area contributed by atoms with Crippen molar-refractivity contribution >= 4 is 17.1 Å². The van der Waals surface area contributed by atoms with Crippen molar-refractivity contribution in [2.75, 3.05) is 0 Å². The van der Waals surface area contributed by atoms with Crippen molar-refractivity contribution in [2.45, 2.75) is 85.7 Å². The maximum Gasteiger partial charge on any atom is 0.330 e. The molecule has 1 saturated carbocycles. The predicted octanol–water partition coefficient (Wildman–Crippen LogP) is 4.42. The average Bonchev–Trinajstić information content (AvgIpc) is 3.34. The maximum atomic E-state index is 12.9. The van der Waals surface area contributed by atoms with E-state index in [0.29, 0.717) is 30.1 Å². The summed E-state index contributed by atoms with van der Waals surface area (Å²) in [5, 5.41) is 7.12. The Morgan fingerprint density at radius 3 is 2.68 bits per heavy atom. The predicted molar refractivity (Wildman–Crippen MR) is 132 cm³/mol. The lowest BCUT2D eigenvalue weighted by molar-refractivity contribution is 0.0827. The van der Waals surface area contributed by atoms with E-state index in [9.17, 15) is 9.59 Å². The van der Waals surface area contributed by atoms with E-state index in [1.807, 2.05) is 23.6 Å². The molecule has 0 bridgehead atoms. The molecule has 3 aromatic rings. The van der Waals surface area contributed by atoms with E-state index >= 15 is 0 Å². The lowest BCUT2D eigenvalue weighted by atomic mass is 9.68. The number of aryl methyl sites for hydroxylation is 2. The molecule has 1 aliphatic carbocycles. The molecule has 2 unspecified atom stereocenters. The van der Waals surface area contributed by atoms with Crippen LogP contribution < -0.4 is 11.0 Å². The number of nitrogens with one attached hydrogen (secondary N) is 1. The SMILES string of the molecule is CCc1cc(C(=O)NC2CC(c3ccc4c(n3)n(C)c(=O)n4CC(C)(C)C)CCC2(C)C)no1. The number of imidazole rings is 1. The third-order valence-electron chi connectivity index (χ3n) is 7.10. The lowest BCUT2D eigenvalue weighted by Crippen LogP contribution is -2.48. The molecular weight excluding hydrogens is 430 g/mol. The molecule has 2 atom stereocenters. The lowest BCUT2D eigenvalue weighted by Gasteiger charge is -2.42. The van der Waals surface area contributed by atoms with Crippen molar-refractivity contribution in [3.8, 4) is 0 Å². The van der Waals surface area contributed by atoms with Gasteiger partial charge < -0.3 is 9.84 Å². The highest BCUT2D eigenvalue weighted by molar-refractivity contribution is 5.92. The third kappa shape index (κ3) is 4.68. The van der Waals surface area contributed by atoms with E-state index in [1.54, 1.807) is 17.7 Å². The third-order valence-corrected chi connectivity index (χ3v) is 7.10. The standard InChI is InChI=1S/C26H37N5O3/c1-8-17-14-19(29-34-17)23(32)28-21-13-16(11-12-26(21,5)6)18-9-10-20-22(27-18)30(7)24(33)31(20)15-25(2,3)4/h9-10,14,16,21H,8,11-13,15H2,1-7H3,(H,28,32). The van der Waals surface area contributed by atoms with Gasteiger partial charge in [-0.15, -0.1) is 0 Å². The van der Waals surface area contributed by atoms with Crippen LogP contribution in [0.3, 0.4) is 0 Å². The topological polar surface area (TPSA) is 95.0 Å². The summed E-state index contributed by atoms with van der Waals surface area (Å²) in [6.45, 7) is 13.4. The van der Waals surface area contributed by atoms with Crippen LogP contribution in [0.25, 0.3) is 11.2 Å². The molecule has 3 heterocycles.